The molecule has 0 bridgehead atoms. The van der Waals surface area contributed by atoms with Gasteiger partial charge < -0.3 is 4.42 Å². The molecule has 0 N–H and O–H groups in total. The molecule has 124 valence electrons. The fraction of sp³-hybridized carbons (Fsp3) is 0. The Bertz CT molecular complexity index is 1220. The van der Waals surface area contributed by atoms with Gasteiger partial charge in [-0.2, -0.15) is 0 Å². The van der Waals surface area contributed by atoms with Crippen molar-refractivity contribution in [3.8, 4) is 22.3 Å². The summed E-state index contributed by atoms with van der Waals surface area (Å²) in [4.78, 5) is 0. The second kappa shape index (κ2) is 6.15. The van der Waals surface area contributed by atoms with Crippen LogP contribution in [0.25, 0.3) is 44.2 Å². The molecule has 5 rings (SSSR count). The fourth-order valence-corrected chi connectivity index (χ4v) is 4.01. The van der Waals surface area contributed by atoms with Crippen molar-refractivity contribution >= 4 is 37.9 Å². The molecule has 2 heteroatoms. The predicted molar refractivity (Wildman–Crippen MR) is 112 cm³/mol. The first-order valence-corrected chi connectivity index (χ1v) is 9.35. The van der Waals surface area contributed by atoms with Gasteiger partial charge in [-0.15, -0.1) is 0 Å². The van der Waals surface area contributed by atoms with Crippen LogP contribution in [0.1, 0.15) is 0 Å². The van der Waals surface area contributed by atoms with Crippen LogP contribution in [0.4, 0.5) is 0 Å². The Hall–Kier alpha value is -2.84. The third-order valence-electron chi connectivity index (χ3n) is 4.77. The van der Waals surface area contributed by atoms with Crippen LogP contribution < -0.4 is 0 Å². The van der Waals surface area contributed by atoms with E-state index in [-0.39, 0.29) is 0 Å². The smallest absolute Gasteiger partial charge is 0.136 e. The molecule has 0 spiro atoms. The lowest BCUT2D eigenvalue weighted by molar-refractivity contribution is 0.669. The van der Waals surface area contributed by atoms with E-state index in [9.17, 15) is 0 Å². The minimum absolute atomic E-state index is 0.908. The zero-order valence-electron chi connectivity index (χ0n) is 13.9. The highest BCUT2D eigenvalue weighted by atomic mass is 79.9. The van der Waals surface area contributed by atoms with Gasteiger partial charge in [0, 0.05) is 15.2 Å². The third kappa shape index (κ3) is 2.54. The standard InChI is InChI=1S/C24H15BrO/c25-21-7-4-8-23-24(21)20-15-19(13-14-22(20)26-23)18-11-9-17(10-12-18)16-5-2-1-3-6-16/h1-15H. The summed E-state index contributed by atoms with van der Waals surface area (Å²) in [6, 6.07) is 31.6. The van der Waals surface area contributed by atoms with Gasteiger partial charge in [-0.05, 0) is 46.5 Å². The Morgan fingerprint density at radius 3 is 1.96 bits per heavy atom. The number of halogens is 1. The van der Waals surface area contributed by atoms with Gasteiger partial charge in [-0.3, -0.25) is 0 Å². The first-order valence-electron chi connectivity index (χ1n) is 8.56. The maximum Gasteiger partial charge on any atom is 0.136 e. The number of furan rings is 1. The van der Waals surface area contributed by atoms with E-state index in [2.05, 4.69) is 88.7 Å². The molecule has 1 aromatic heterocycles. The summed E-state index contributed by atoms with van der Waals surface area (Å²) >= 11 is 3.65. The van der Waals surface area contributed by atoms with E-state index < -0.39 is 0 Å². The summed E-state index contributed by atoms with van der Waals surface area (Å²) in [5.41, 5.74) is 6.68. The van der Waals surface area contributed by atoms with Crippen LogP contribution >= 0.6 is 15.9 Å². The van der Waals surface area contributed by atoms with E-state index in [4.69, 9.17) is 4.42 Å². The normalized spacial score (nSPS) is 11.3. The molecule has 0 saturated heterocycles. The predicted octanol–water partition coefficient (Wildman–Crippen LogP) is 7.68. The monoisotopic (exact) mass is 398 g/mol. The number of rotatable bonds is 2. The van der Waals surface area contributed by atoms with Crippen LogP contribution in [0.2, 0.25) is 0 Å². The number of hydrogen-bond donors (Lipinski definition) is 0. The molecule has 0 aliphatic carbocycles. The molecule has 5 aromatic rings. The minimum Gasteiger partial charge on any atom is -0.456 e. The van der Waals surface area contributed by atoms with Crippen molar-refractivity contribution in [2.45, 2.75) is 0 Å². The highest BCUT2D eigenvalue weighted by Crippen LogP contribution is 2.36. The lowest BCUT2D eigenvalue weighted by atomic mass is 9.99. The average Bonchev–Trinajstić information content (AvgIpc) is 3.08. The van der Waals surface area contributed by atoms with Crippen molar-refractivity contribution in [2.24, 2.45) is 0 Å². The summed E-state index contributed by atoms with van der Waals surface area (Å²) in [6.07, 6.45) is 0. The molecule has 1 nitrogen and oxygen atoms in total. The Morgan fingerprint density at radius 1 is 0.538 bits per heavy atom. The molecule has 0 aliphatic heterocycles. The molecule has 0 aliphatic rings. The van der Waals surface area contributed by atoms with Crippen LogP contribution in [0.5, 0.6) is 0 Å². The SMILES string of the molecule is Brc1cccc2oc3ccc(-c4ccc(-c5ccccc5)cc4)cc3c12. The van der Waals surface area contributed by atoms with Gasteiger partial charge in [0.05, 0.1) is 0 Å². The lowest BCUT2D eigenvalue weighted by Crippen LogP contribution is -1.80. The van der Waals surface area contributed by atoms with E-state index in [1.165, 1.54) is 22.3 Å². The Balaban J connectivity index is 1.61. The summed E-state index contributed by atoms with van der Waals surface area (Å²) in [5.74, 6) is 0. The third-order valence-corrected chi connectivity index (χ3v) is 5.43. The van der Waals surface area contributed by atoms with Crippen molar-refractivity contribution < 1.29 is 4.42 Å². The zero-order chi connectivity index (χ0) is 17.5. The summed E-state index contributed by atoms with van der Waals surface area (Å²) in [7, 11) is 0. The molecule has 0 radical (unpaired) electrons. The molecular formula is C24H15BrO. The van der Waals surface area contributed by atoms with Gasteiger partial charge in [0.25, 0.3) is 0 Å². The highest BCUT2D eigenvalue weighted by Gasteiger charge is 2.11. The number of fused-ring (bicyclic) bond motifs is 3. The van der Waals surface area contributed by atoms with Crippen molar-refractivity contribution in [1.29, 1.82) is 0 Å². The molecule has 4 aromatic carbocycles. The molecule has 0 amide bonds. The van der Waals surface area contributed by atoms with E-state index in [1.54, 1.807) is 0 Å². The van der Waals surface area contributed by atoms with Crippen LogP contribution in [-0.4, -0.2) is 0 Å². The van der Waals surface area contributed by atoms with Gasteiger partial charge in [-0.1, -0.05) is 82.7 Å². The number of hydrogen-bond acceptors (Lipinski definition) is 1. The van der Waals surface area contributed by atoms with Crippen LogP contribution in [0.3, 0.4) is 0 Å². The fourth-order valence-electron chi connectivity index (χ4n) is 3.45. The molecule has 0 fully saturated rings. The van der Waals surface area contributed by atoms with Crippen molar-refractivity contribution in [3.63, 3.8) is 0 Å². The maximum absolute atomic E-state index is 5.97. The molecular weight excluding hydrogens is 384 g/mol. The molecule has 0 atom stereocenters. The van der Waals surface area contributed by atoms with Gasteiger partial charge in [0.15, 0.2) is 0 Å². The van der Waals surface area contributed by atoms with Crippen LogP contribution in [-0.2, 0) is 0 Å². The first kappa shape index (κ1) is 15.4. The lowest BCUT2D eigenvalue weighted by Gasteiger charge is -2.05. The van der Waals surface area contributed by atoms with E-state index >= 15 is 0 Å². The summed E-state index contributed by atoms with van der Waals surface area (Å²) < 4.78 is 7.03. The molecule has 1 heterocycles. The largest absolute Gasteiger partial charge is 0.456 e. The van der Waals surface area contributed by atoms with Gasteiger partial charge in [-0.25, -0.2) is 0 Å². The van der Waals surface area contributed by atoms with Crippen LogP contribution in [0.15, 0.2) is 99.9 Å². The summed E-state index contributed by atoms with van der Waals surface area (Å²) in [5, 5.41) is 2.27. The average molecular weight is 399 g/mol. The molecule has 26 heavy (non-hydrogen) atoms. The highest BCUT2D eigenvalue weighted by molar-refractivity contribution is 9.10. The van der Waals surface area contributed by atoms with Crippen molar-refractivity contribution in [3.05, 3.63) is 95.5 Å². The van der Waals surface area contributed by atoms with Gasteiger partial charge in [0.2, 0.25) is 0 Å². The zero-order valence-corrected chi connectivity index (χ0v) is 15.5. The van der Waals surface area contributed by atoms with E-state index in [0.29, 0.717) is 0 Å². The Kier molecular flexibility index (Phi) is 3.65. The first-order chi connectivity index (χ1) is 12.8. The van der Waals surface area contributed by atoms with Crippen molar-refractivity contribution in [1.82, 2.24) is 0 Å². The Morgan fingerprint density at radius 2 is 1.19 bits per heavy atom. The molecule has 0 unspecified atom stereocenters. The van der Waals surface area contributed by atoms with Crippen molar-refractivity contribution in [2.75, 3.05) is 0 Å². The van der Waals surface area contributed by atoms with E-state index in [1.807, 2.05) is 18.2 Å². The van der Waals surface area contributed by atoms with Gasteiger partial charge >= 0.3 is 0 Å². The Labute approximate surface area is 160 Å². The van der Waals surface area contributed by atoms with Gasteiger partial charge in [0.1, 0.15) is 11.2 Å². The quantitative estimate of drug-likeness (QED) is 0.297. The number of benzene rings is 4. The molecule has 0 saturated carbocycles. The summed E-state index contributed by atoms with van der Waals surface area (Å²) in [6.45, 7) is 0. The van der Waals surface area contributed by atoms with E-state index in [0.717, 1.165) is 26.4 Å². The van der Waals surface area contributed by atoms with Crippen LogP contribution in [0, 0.1) is 0 Å². The maximum atomic E-state index is 5.97. The second-order valence-electron chi connectivity index (χ2n) is 6.37. The minimum atomic E-state index is 0.908. The second-order valence-corrected chi connectivity index (χ2v) is 7.22. The topological polar surface area (TPSA) is 13.1 Å².